The zero-order valence-electron chi connectivity index (χ0n) is 16.4. The Hall–Kier alpha value is -2.58. The number of piperidine rings is 1. The molecule has 1 aliphatic heterocycles. The Morgan fingerprint density at radius 2 is 1.93 bits per heavy atom. The van der Waals surface area contributed by atoms with E-state index in [0.717, 1.165) is 18.8 Å². The van der Waals surface area contributed by atoms with Crippen LogP contribution in [0.15, 0.2) is 36.5 Å². The van der Waals surface area contributed by atoms with Crippen molar-refractivity contribution in [1.29, 1.82) is 0 Å². The molecule has 2 bridgehead atoms. The van der Waals surface area contributed by atoms with E-state index < -0.39 is 0 Å². The van der Waals surface area contributed by atoms with Crippen LogP contribution in [0.4, 0.5) is 11.6 Å². The van der Waals surface area contributed by atoms with Crippen molar-refractivity contribution in [2.24, 2.45) is 18.9 Å². The lowest BCUT2D eigenvalue weighted by Gasteiger charge is -2.39. The van der Waals surface area contributed by atoms with Crippen molar-refractivity contribution < 1.29 is 4.74 Å². The van der Waals surface area contributed by atoms with Crippen LogP contribution in [0.2, 0.25) is 10.2 Å². The van der Waals surface area contributed by atoms with Crippen molar-refractivity contribution in [3.63, 3.8) is 0 Å². The van der Waals surface area contributed by atoms with E-state index in [2.05, 4.69) is 30.5 Å². The number of aromatic nitrogens is 5. The van der Waals surface area contributed by atoms with Gasteiger partial charge in [-0.2, -0.15) is 10.1 Å². The first kappa shape index (κ1) is 19.4. The summed E-state index contributed by atoms with van der Waals surface area (Å²) < 4.78 is 7.48. The van der Waals surface area contributed by atoms with Gasteiger partial charge in [-0.3, -0.25) is 0 Å². The van der Waals surface area contributed by atoms with E-state index >= 15 is 0 Å². The SMILES string of the molecule is Cn1nc(N[C@H]2[C@@H]3CC[C@H]2CN(c2cnnc(Cl)c2)C3)nc1Oc1cccc(Cl)c1. The van der Waals surface area contributed by atoms with Crippen molar-refractivity contribution in [1.82, 2.24) is 25.0 Å². The number of halogens is 2. The lowest BCUT2D eigenvalue weighted by atomic mass is 9.92. The third kappa shape index (κ3) is 3.89. The lowest BCUT2D eigenvalue weighted by molar-refractivity contribution is 0.376. The highest BCUT2D eigenvalue weighted by atomic mass is 35.5. The highest BCUT2D eigenvalue weighted by Crippen LogP contribution is 2.40. The molecule has 0 unspecified atom stereocenters. The van der Waals surface area contributed by atoms with Crippen LogP contribution in [0.1, 0.15) is 12.8 Å². The standard InChI is InChI=1S/C20H21Cl2N7O/c1-28-20(30-16-4-2-3-14(21)7-16)25-19(27-28)24-18-12-5-6-13(18)11-29(10-12)15-8-17(22)26-23-9-15/h2-4,7-9,12-13,18H,5-6,10-11H2,1H3,(H,24,27)/t12-,13+,18+. The molecule has 1 aromatic carbocycles. The predicted molar refractivity (Wildman–Crippen MR) is 115 cm³/mol. The van der Waals surface area contributed by atoms with Crippen molar-refractivity contribution in [2.45, 2.75) is 18.9 Å². The van der Waals surface area contributed by atoms with Crippen molar-refractivity contribution in [2.75, 3.05) is 23.3 Å². The van der Waals surface area contributed by atoms with E-state index in [9.17, 15) is 0 Å². The number of rotatable bonds is 5. The molecule has 8 nitrogen and oxygen atoms in total. The molecule has 2 fully saturated rings. The molecule has 5 rings (SSSR count). The molecule has 2 aromatic heterocycles. The van der Waals surface area contributed by atoms with Gasteiger partial charge in [-0.25, -0.2) is 4.68 Å². The zero-order valence-corrected chi connectivity index (χ0v) is 17.9. The Balaban J connectivity index is 1.28. The molecule has 3 heterocycles. The van der Waals surface area contributed by atoms with E-state index in [1.54, 1.807) is 23.0 Å². The second-order valence-corrected chi connectivity index (χ2v) is 8.63. The van der Waals surface area contributed by atoms with E-state index in [1.807, 2.05) is 25.2 Å². The Morgan fingerprint density at radius 1 is 1.13 bits per heavy atom. The summed E-state index contributed by atoms with van der Waals surface area (Å²) >= 11 is 12.1. The average Bonchev–Trinajstić information content (AvgIpc) is 3.16. The van der Waals surface area contributed by atoms with Crippen LogP contribution >= 0.6 is 23.2 Å². The summed E-state index contributed by atoms with van der Waals surface area (Å²) in [6.45, 7) is 1.88. The summed E-state index contributed by atoms with van der Waals surface area (Å²) in [4.78, 5) is 6.89. The van der Waals surface area contributed by atoms with Gasteiger partial charge in [0.1, 0.15) is 5.75 Å². The maximum atomic E-state index is 6.03. The van der Waals surface area contributed by atoms with Gasteiger partial charge in [0.15, 0.2) is 5.15 Å². The molecule has 2 aliphatic rings. The number of aryl methyl sites for hydroxylation is 1. The summed E-state index contributed by atoms with van der Waals surface area (Å²) in [6.07, 6.45) is 4.12. The molecule has 1 saturated carbocycles. The van der Waals surface area contributed by atoms with Crippen molar-refractivity contribution in [3.05, 3.63) is 46.7 Å². The molecule has 1 N–H and O–H groups in total. The van der Waals surface area contributed by atoms with Crippen LogP contribution in [0, 0.1) is 11.8 Å². The van der Waals surface area contributed by atoms with Crippen LogP contribution in [0.3, 0.4) is 0 Å². The quantitative estimate of drug-likeness (QED) is 0.634. The van der Waals surface area contributed by atoms with E-state index in [-0.39, 0.29) is 0 Å². The molecule has 3 aromatic rings. The monoisotopic (exact) mass is 445 g/mol. The molecule has 0 amide bonds. The normalized spacial score (nSPS) is 22.9. The van der Waals surface area contributed by atoms with E-state index in [0.29, 0.717) is 45.8 Å². The average molecular weight is 446 g/mol. The smallest absolute Gasteiger partial charge is 0.321 e. The van der Waals surface area contributed by atoms with Gasteiger partial charge < -0.3 is 15.0 Å². The first-order valence-electron chi connectivity index (χ1n) is 9.89. The summed E-state index contributed by atoms with van der Waals surface area (Å²) in [7, 11) is 1.81. The molecule has 3 atom stereocenters. The third-order valence-corrected chi connectivity index (χ3v) is 6.25. The second-order valence-electron chi connectivity index (χ2n) is 7.81. The summed E-state index contributed by atoms with van der Waals surface area (Å²) in [5.41, 5.74) is 1.03. The van der Waals surface area contributed by atoms with Crippen molar-refractivity contribution >= 4 is 34.8 Å². The predicted octanol–water partition coefficient (Wildman–Crippen LogP) is 4.03. The largest absolute Gasteiger partial charge is 0.424 e. The number of ether oxygens (including phenoxy) is 1. The summed E-state index contributed by atoms with van der Waals surface area (Å²) in [5, 5.41) is 16.9. The van der Waals surface area contributed by atoms with Crippen LogP contribution in [-0.4, -0.2) is 44.1 Å². The van der Waals surface area contributed by atoms with E-state index in [4.69, 9.17) is 27.9 Å². The fraction of sp³-hybridized carbons (Fsp3) is 0.400. The first-order chi connectivity index (χ1) is 14.5. The zero-order chi connectivity index (χ0) is 20.7. The molecule has 0 radical (unpaired) electrons. The van der Waals surface area contributed by atoms with Crippen LogP contribution in [-0.2, 0) is 7.05 Å². The fourth-order valence-corrected chi connectivity index (χ4v) is 4.81. The first-order valence-corrected chi connectivity index (χ1v) is 10.6. The van der Waals surface area contributed by atoms with E-state index in [1.165, 1.54) is 12.8 Å². The summed E-state index contributed by atoms with van der Waals surface area (Å²) in [6, 6.07) is 9.85. The molecule has 1 saturated heterocycles. The number of fused-ring (bicyclic) bond motifs is 2. The number of nitrogens with one attached hydrogen (secondary N) is 1. The number of hydrogen-bond donors (Lipinski definition) is 1. The highest BCUT2D eigenvalue weighted by molar-refractivity contribution is 6.30. The maximum Gasteiger partial charge on any atom is 0.321 e. The Kier molecular flexibility index (Phi) is 5.12. The Bertz CT molecular complexity index is 1050. The molecule has 10 heteroatoms. The number of anilines is 2. The minimum atomic E-state index is 0.327. The van der Waals surface area contributed by atoms with Gasteiger partial charge in [-0.05, 0) is 42.9 Å². The van der Waals surface area contributed by atoms with Gasteiger partial charge in [0, 0.05) is 37.3 Å². The van der Waals surface area contributed by atoms with Gasteiger partial charge in [0.25, 0.3) is 0 Å². The molecule has 0 spiro atoms. The van der Waals surface area contributed by atoms with Crippen LogP contribution < -0.4 is 15.0 Å². The topological polar surface area (TPSA) is 81.0 Å². The number of nitrogens with zero attached hydrogens (tertiary/aromatic N) is 6. The van der Waals surface area contributed by atoms with Gasteiger partial charge in [0.2, 0.25) is 5.95 Å². The Morgan fingerprint density at radius 3 is 2.67 bits per heavy atom. The molecule has 30 heavy (non-hydrogen) atoms. The highest BCUT2D eigenvalue weighted by Gasteiger charge is 2.42. The van der Waals surface area contributed by atoms with Gasteiger partial charge >= 0.3 is 6.01 Å². The maximum absolute atomic E-state index is 6.03. The minimum absolute atomic E-state index is 0.327. The third-order valence-electron chi connectivity index (χ3n) is 5.83. The second kappa shape index (κ2) is 7.92. The molecular weight excluding hydrogens is 425 g/mol. The summed E-state index contributed by atoms with van der Waals surface area (Å²) in [5.74, 6) is 2.20. The van der Waals surface area contributed by atoms with Gasteiger partial charge in [0.05, 0.1) is 11.9 Å². The van der Waals surface area contributed by atoms with Gasteiger partial charge in [-0.1, -0.05) is 29.3 Å². The minimum Gasteiger partial charge on any atom is -0.424 e. The Labute approximate surface area is 184 Å². The van der Waals surface area contributed by atoms with Crippen LogP contribution in [0.25, 0.3) is 0 Å². The molecule has 156 valence electrons. The molecular formula is C20H21Cl2N7O. The lowest BCUT2D eigenvalue weighted by Crippen LogP contribution is -2.48. The molecule has 1 aliphatic carbocycles. The van der Waals surface area contributed by atoms with Crippen LogP contribution in [0.5, 0.6) is 11.8 Å². The van der Waals surface area contributed by atoms with Crippen molar-refractivity contribution in [3.8, 4) is 11.8 Å². The number of benzene rings is 1. The fourth-order valence-electron chi connectivity index (χ4n) is 4.48. The van der Waals surface area contributed by atoms with Gasteiger partial charge in [-0.15, -0.1) is 10.2 Å². The number of hydrogen-bond acceptors (Lipinski definition) is 7.